The zero-order valence-electron chi connectivity index (χ0n) is 34.9. The standard InChI is InChI=1S/C32H30N8O24S8/c33-30-24(38-36-22-6-4-18(14-28(22)69(51,52)53)65(41,42)10-8-63-71(57,58)59)16-25(39-37-23-7-5-19(15-29(23)70(54,55)56)66(43,44)11-9-64-72(60,61)62)31(34)32(30)40-35-17-12-21-20(27(13-17)68(48,49)50)2-1-3-26(21)67(45,46)47/h1-7,12-16H,8-11,33-34H2,(H,45,46,47)(H,48,49,50)(H,51,52,53)(H,54,55,56)(H,57,58,59)(H,60,61,62)/b38-36+,39-37+,40-35+. The molecule has 0 saturated carbocycles. The number of azo groups is 3. The fraction of sp³-hybridized carbons (Fsp3) is 0.125. The van der Waals surface area contributed by atoms with E-state index in [1.54, 1.807) is 0 Å². The minimum atomic E-state index is -5.42. The van der Waals surface area contributed by atoms with Gasteiger partial charge in [-0.3, -0.25) is 27.3 Å². The van der Waals surface area contributed by atoms with E-state index >= 15 is 0 Å². The highest BCUT2D eigenvalue weighted by molar-refractivity contribution is 7.92. The number of anilines is 2. The summed E-state index contributed by atoms with van der Waals surface area (Å²) in [5.41, 5.74) is 6.78. The lowest BCUT2D eigenvalue weighted by atomic mass is 10.1. The molecule has 0 heterocycles. The molecule has 0 aliphatic carbocycles. The van der Waals surface area contributed by atoms with Crippen molar-refractivity contribution in [1.82, 2.24) is 0 Å². The molecule has 0 unspecified atom stereocenters. The maximum Gasteiger partial charge on any atom is 0.397 e. The quantitative estimate of drug-likeness (QED) is 0.0314. The monoisotopic (exact) mass is 1170 g/mol. The predicted octanol–water partition coefficient (Wildman–Crippen LogP) is 3.42. The number of rotatable bonds is 20. The Morgan fingerprint density at radius 2 is 0.806 bits per heavy atom. The van der Waals surface area contributed by atoms with Gasteiger partial charge in [-0.2, -0.15) is 55.6 Å². The molecular formula is C32H30N8O24S8. The Hall–Kier alpha value is -5.96. The van der Waals surface area contributed by atoms with Crippen LogP contribution in [0.25, 0.3) is 10.8 Å². The molecule has 0 aliphatic heterocycles. The molecule has 0 aliphatic rings. The van der Waals surface area contributed by atoms with Gasteiger partial charge in [-0.15, -0.1) is 25.6 Å². The van der Waals surface area contributed by atoms with E-state index in [1.165, 1.54) is 0 Å². The topological polar surface area (TPSA) is 539 Å². The van der Waals surface area contributed by atoms with E-state index in [4.69, 9.17) is 20.6 Å². The molecule has 0 spiro atoms. The van der Waals surface area contributed by atoms with Crippen molar-refractivity contribution in [2.24, 2.45) is 30.7 Å². The van der Waals surface area contributed by atoms with Crippen molar-refractivity contribution in [3.8, 4) is 0 Å². The lowest BCUT2D eigenvalue weighted by molar-refractivity contribution is 0.282. The molecular weight excluding hydrogens is 1140 g/mol. The summed E-state index contributed by atoms with van der Waals surface area (Å²) in [6.45, 7) is -2.29. The van der Waals surface area contributed by atoms with Crippen LogP contribution in [0.15, 0.2) is 133 Å². The first kappa shape index (κ1) is 56.9. The molecule has 0 aromatic heterocycles. The first-order valence-electron chi connectivity index (χ1n) is 18.2. The average molecular weight is 1170 g/mol. The Labute approximate surface area is 406 Å². The molecule has 32 nitrogen and oxygen atoms in total. The average Bonchev–Trinajstić information content (AvgIpc) is 3.22. The number of nitrogen functional groups attached to an aromatic ring is 2. The molecule has 5 rings (SSSR count). The Kier molecular flexibility index (Phi) is 16.2. The number of benzene rings is 5. The Morgan fingerprint density at radius 1 is 0.403 bits per heavy atom. The third-order valence-corrected chi connectivity index (χ3v) is 16.7. The van der Waals surface area contributed by atoms with Crippen LogP contribution in [0.1, 0.15) is 0 Å². The van der Waals surface area contributed by atoms with E-state index in [0.717, 1.165) is 30.3 Å². The van der Waals surface area contributed by atoms with E-state index in [9.17, 15) is 85.6 Å². The second-order valence-corrected chi connectivity index (χ2v) is 25.7. The van der Waals surface area contributed by atoms with Crippen LogP contribution < -0.4 is 11.5 Å². The van der Waals surface area contributed by atoms with Crippen molar-refractivity contribution in [3.63, 3.8) is 0 Å². The summed E-state index contributed by atoms with van der Waals surface area (Å²) >= 11 is 0. The van der Waals surface area contributed by atoms with Gasteiger partial charge in [-0.1, -0.05) is 12.1 Å². The lowest BCUT2D eigenvalue weighted by Crippen LogP contribution is -2.16. The van der Waals surface area contributed by atoms with Crippen molar-refractivity contribution in [3.05, 3.63) is 72.8 Å². The van der Waals surface area contributed by atoms with Crippen LogP contribution in [0.3, 0.4) is 0 Å². The van der Waals surface area contributed by atoms with Crippen LogP contribution in [0.5, 0.6) is 0 Å². The van der Waals surface area contributed by atoms with Gasteiger partial charge in [0.15, 0.2) is 19.7 Å². The fourth-order valence-corrected chi connectivity index (χ4v) is 11.7. The molecule has 10 N–H and O–H groups in total. The number of sulfone groups is 2. The minimum absolute atomic E-state index is 0.368. The van der Waals surface area contributed by atoms with Crippen molar-refractivity contribution in [2.45, 2.75) is 29.4 Å². The Balaban J connectivity index is 1.73. The Morgan fingerprint density at radius 3 is 1.19 bits per heavy atom. The van der Waals surface area contributed by atoms with Crippen molar-refractivity contribution < 1.29 is 103 Å². The molecule has 0 amide bonds. The third kappa shape index (κ3) is 14.4. The van der Waals surface area contributed by atoms with Gasteiger partial charge >= 0.3 is 20.8 Å². The minimum Gasteiger partial charge on any atom is -0.395 e. The van der Waals surface area contributed by atoms with Crippen molar-refractivity contribution in [2.75, 3.05) is 36.2 Å². The molecule has 0 bridgehead atoms. The van der Waals surface area contributed by atoms with Crippen molar-refractivity contribution >= 4 is 137 Å². The summed E-state index contributed by atoms with van der Waals surface area (Å²) in [5.74, 6) is -2.31. The lowest BCUT2D eigenvalue weighted by Gasteiger charge is -2.11. The fourth-order valence-electron chi connectivity index (χ4n) is 5.76. The van der Waals surface area contributed by atoms with Crippen LogP contribution in [0, 0.1) is 0 Å². The molecule has 5 aromatic carbocycles. The molecule has 72 heavy (non-hydrogen) atoms. The first-order chi connectivity index (χ1) is 32.8. The molecule has 5 aromatic rings. The van der Waals surface area contributed by atoms with Gasteiger partial charge in [0.25, 0.3) is 40.5 Å². The molecule has 40 heteroatoms. The second-order valence-electron chi connectivity index (χ2n) is 13.8. The summed E-state index contributed by atoms with van der Waals surface area (Å²) < 4.78 is 259. The normalized spacial score (nSPS) is 13.8. The Bertz CT molecular complexity index is 3910. The largest absolute Gasteiger partial charge is 0.397 e. The number of hydrogen-bond acceptors (Lipinski definition) is 26. The van der Waals surface area contributed by atoms with Crippen LogP contribution in [0.2, 0.25) is 0 Å². The summed E-state index contributed by atoms with van der Waals surface area (Å²) in [4.78, 5) is -6.05. The summed E-state index contributed by atoms with van der Waals surface area (Å²) in [6.07, 6.45) is 0. The van der Waals surface area contributed by atoms with Crippen LogP contribution in [-0.4, -0.2) is 119 Å². The second kappa shape index (κ2) is 20.5. The van der Waals surface area contributed by atoms with E-state index in [1.807, 2.05) is 0 Å². The number of fused-ring (bicyclic) bond motifs is 1. The van der Waals surface area contributed by atoms with Crippen LogP contribution in [-0.2, 0) is 89.3 Å². The molecule has 0 fully saturated rings. The zero-order valence-corrected chi connectivity index (χ0v) is 41.4. The summed E-state index contributed by atoms with van der Waals surface area (Å²) in [6, 6.07) is 8.79. The van der Waals surface area contributed by atoms with Crippen LogP contribution >= 0.6 is 0 Å². The van der Waals surface area contributed by atoms with E-state index in [2.05, 4.69) is 39.1 Å². The van der Waals surface area contributed by atoms with Gasteiger partial charge in [0, 0.05) is 10.8 Å². The predicted molar refractivity (Wildman–Crippen MR) is 243 cm³/mol. The number of nitrogens with zero attached hydrogens (tertiary/aromatic N) is 6. The molecule has 390 valence electrons. The highest BCUT2D eigenvalue weighted by atomic mass is 32.3. The van der Waals surface area contributed by atoms with Gasteiger partial charge in [0.1, 0.15) is 48.0 Å². The SMILES string of the molecule is Nc1c(/N=N/c2ccc(S(=O)(=O)CCOS(=O)(=O)O)cc2S(=O)(=O)O)cc(/N=N/c2ccc(S(=O)(=O)CCOS(=O)(=O)O)cc2S(=O)(=O)O)c(N)c1/N=N/c1cc(S(=O)(=O)O)c2cccc(S(=O)(=O)O)c2c1. The summed E-state index contributed by atoms with van der Waals surface area (Å²) in [5, 5.41) is 21.6. The number of hydrogen-bond donors (Lipinski definition) is 8. The van der Waals surface area contributed by atoms with Gasteiger partial charge in [-0.05, 0) is 60.7 Å². The zero-order chi connectivity index (χ0) is 54.2. The number of nitrogens with two attached hydrogens (primary N) is 2. The maximum absolute atomic E-state index is 12.8. The van der Waals surface area contributed by atoms with Gasteiger partial charge in [0.2, 0.25) is 0 Å². The highest BCUT2D eigenvalue weighted by Gasteiger charge is 2.26. The van der Waals surface area contributed by atoms with Crippen molar-refractivity contribution in [1.29, 1.82) is 0 Å². The van der Waals surface area contributed by atoms with Gasteiger partial charge < -0.3 is 11.5 Å². The van der Waals surface area contributed by atoms with Gasteiger partial charge in [-0.25, -0.2) is 25.2 Å². The molecule has 0 radical (unpaired) electrons. The smallest absolute Gasteiger partial charge is 0.395 e. The van der Waals surface area contributed by atoms with E-state index < -0.39 is 191 Å². The van der Waals surface area contributed by atoms with E-state index in [-0.39, 0.29) is 0 Å². The first-order valence-corrected chi connectivity index (χ1v) is 30.0. The molecule has 0 atom stereocenters. The van der Waals surface area contributed by atoms with Gasteiger partial charge in [0.05, 0.1) is 51.6 Å². The summed E-state index contributed by atoms with van der Waals surface area (Å²) in [7, 11) is -40.6. The molecule has 0 saturated heterocycles. The third-order valence-electron chi connectivity index (χ3n) is 8.90. The highest BCUT2D eigenvalue weighted by Crippen LogP contribution is 2.46. The maximum atomic E-state index is 12.8. The van der Waals surface area contributed by atoms with E-state index in [0.29, 0.717) is 42.5 Å². The van der Waals surface area contributed by atoms with Crippen LogP contribution in [0.4, 0.5) is 45.5 Å².